The number of nitrogens with one attached hydrogen (secondary N) is 1. The third kappa shape index (κ3) is 5.81. The van der Waals surface area contributed by atoms with Crippen molar-refractivity contribution in [2.24, 2.45) is 5.92 Å². The van der Waals surface area contributed by atoms with Crippen LogP contribution in [-0.4, -0.2) is 41.8 Å². The van der Waals surface area contributed by atoms with Gasteiger partial charge in [0.15, 0.2) is 0 Å². The summed E-state index contributed by atoms with van der Waals surface area (Å²) in [6.07, 6.45) is 7.61. The van der Waals surface area contributed by atoms with Crippen molar-refractivity contribution in [3.8, 4) is 0 Å². The van der Waals surface area contributed by atoms with Crippen molar-refractivity contribution in [2.45, 2.75) is 64.8 Å². The Hall–Kier alpha value is -0.770. The van der Waals surface area contributed by atoms with Crippen LogP contribution in [0.25, 0.3) is 0 Å². The fourth-order valence-corrected chi connectivity index (χ4v) is 2.71. The van der Waals surface area contributed by atoms with Gasteiger partial charge in [-0.2, -0.15) is 0 Å². The lowest BCUT2D eigenvalue weighted by molar-refractivity contribution is 0.175. The number of amides is 2. The van der Waals surface area contributed by atoms with Crippen molar-refractivity contribution in [2.75, 3.05) is 19.7 Å². The van der Waals surface area contributed by atoms with E-state index >= 15 is 0 Å². The van der Waals surface area contributed by atoms with Crippen LogP contribution in [0.15, 0.2) is 0 Å². The molecule has 0 aromatic rings. The Kier molecular flexibility index (Phi) is 7.87. The predicted octanol–water partition coefficient (Wildman–Crippen LogP) is 2.76. The third-order valence-corrected chi connectivity index (χ3v) is 4.08. The van der Waals surface area contributed by atoms with Gasteiger partial charge in [-0.05, 0) is 31.6 Å². The van der Waals surface area contributed by atoms with E-state index in [1.807, 2.05) is 4.90 Å². The molecule has 2 amide bonds. The topological polar surface area (TPSA) is 52.6 Å². The van der Waals surface area contributed by atoms with Crippen LogP contribution in [-0.2, 0) is 0 Å². The van der Waals surface area contributed by atoms with E-state index < -0.39 is 0 Å². The van der Waals surface area contributed by atoms with Crippen molar-refractivity contribution in [3.63, 3.8) is 0 Å². The molecule has 0 aliphatic heterocycles. The zero-order valence-corrected chi connectivity index (χ0v) is 12.5. The first-order chi connectivity index (χ1) is 9.19. The smallest absolute Gasteiger partial charge is 0.317 e. The number of unbranched alkanes of at least 4 members (excludes halogenated alkanes) is 1. The molecule has 0 aromatic heterocycles. The Morgan fingerprint density at radius 3 is 2.58 bits per heavy atom. The maximum Gasteiger partial charge on any atom is 0.317 e. The van der Waals surface area contributed by atoms with Gasteiger partial charge in [0.25, 0.3) is 0 Å². The first-order valence-electron chi connectivity index (χ1n) is 7.85. The Labute approximate surface area is 117 Å². The lowest BCUT2D eigenvalue weighted by Crippen LogP contribution is -2.48. The van der Waals surface area contributed by atoms with Gasteiger partial charge >= 0.3 is 6.03 Å². The van der Waals surface area contributed by atoms with Crippen LogP contribution < -0.4 is 5.32 Å². The van der Waals surface area contributed by atoms with Crippen LogP contribution in [0.1, 0.15) is 58.8 Å². The van der Waals surface area contributed by atoms with Crippen molar-refractivity contribution in [1.82, 2.24) is 10.2 Å². The molecule has 1 aliphatic carbocycles. The predicted molar refractivity (Wildman–Crippen MR) is 78.1 cm³/mol. The number of aliphatic hydroxyl groups excluding tert-OH is 1. The van der Waals surface area contributed by atoms with E-state index in [9.17, 15) is 4.79 Å². The molecule has 0 heterocycles. The maximum absolute atomic E-state index is 12.3. The molecule has 19 heavy (non-hydrogen) atoms. The highest BCUT2D eigenvalue weighted by Gasteiger charge is 2.24. The number of rotatable bonds is 7. The summed E-state index contributed by atoms with van der Waals surface area (Å²) >= 11 is 0. The van der Waals surface area contributed by atoms with Gasteiger partial charge in [0.1, 0.15) is 0 Å². The van der Waals surface area contributed by atoms with E-state index in [-0.39, 0.29) is 12.6 Å². The normalized spacial score (nSPS) is 23.1. The number of carbonyl (C=O) groups is 1. The van der Waals surface area contributed by atoms with Crippen LogP contribution in [0.4, 0.5) is 4.79 Å². The van der Waals surface area contributed by atoms with E-state index in [1.165, 1.54) is 19.3 Å². The molecule has 0 bridgehead atoms. The molecule has 4 nitrogen and oxygen atoms in total. The molecule has 112 valence electrons. The Morgan fingerprint density at radius 2 is 1.95 bits per heavy atom. The van der Waals surface area contributed by atoms with E-state index in [2.05, 4.69) is 19.2 Å². The second-order valence-corrected chi connectivity index (χ2v) is 5.74. The standard InChI is InChI=1S/C15H30N2O2/c1-3-4-10-17(11-7-12-18)15(19)16-14-9-6-5-8-13(14)2/h13-14,18H,3-12H2,1-2H3,(H,16,19). The monoisotopic (exact) mass is 270 g/mol. The van der Waals surface area contributed by atoms with Gasteiger partial charge in [0.2, 0.25) is 0 Å². The van der Waals surface area contributed by atoms with Crippen LogP contribution in [0.5, 0.6) is 0 Å². The van der Waals surface area contributed by atoms with Gasteiger partial charge in [0.05, 0.1) is 0 Å². The molecular formula is C15H30N2O2. The number of hydrogen-bond donors (Lipinski definition) is 2. The van der Waals surface area contributed by atoms with Crippen LogP contribution >= 0.6 is 0 Å². The highest BCUT2D eigenvalue weighted by molar-refractivity contribution is 5.74. The first kappa shape index (κ1) is 16.3. The summed E-state index contributed by atoms with van der Waals surface area (Å²) in [7, 11) is 0. The molecule has 1 aliphatic rings. The highest BCUT2D eigenvalue weighted by atomic mass is 16.3. The second-order valence-electron chi connectivity index (χ2n) is 5.74. The van der Waals surface area contributed by atoms with Gasteiger partial charge in [-0.3, -0.25) is 0 Å². The summed E-state index contributed by atoms with van der Waals surface area (Å²) in [5.41, 5.74) is 0. The number of carbonyl (C=O) groups excluding carboxylic acids is 1. The molecule has 0 radical (unpaired) electrons. The van der Waals surface area contributed by atoms with Gasteiger partial charge in [-0.1, -0.05) is 33.1 Å². The minimum atomic E-state index is 0.0562. The minimum absolute atomic E-state index is 0.0562. The number of nitrogens with zero attached hydrogens (tertiary/aromatic N) is 1. The Bertz CT molecular complexity index is 251. The summed E-state index contributed by atoms with van der Waals surface area (Å²) in [6.45, 7) is 5.96. The average molecular weight is 270 g/mol. The number of hydrogen-bond acceptors (Lipinski definition) is 2. The molecular weight excluding hydrogens is 240 g/mol. The highest BCUT2D eigenvalue weighted by Crippen LogP contribution is 2.23. The molecule has 1 rings (SSSR count). The molecule has 0 spiro atoms. The van der Waals surface area contributed by atoms with Crippen LogP contribution in [0.2, 0.25) is 0 Å². The molecule has 1 fully saturated rings. The van der Waals surface area contributed by atoms with Crippen molar-refractivity contribution in [3.05, 3.63) is 0 Å². The first-order valence-corrected chi connectivity index (χ1v) is 7.85. The molecule has 4 heteroatoms. The van der Waals surface area contributed by atoms with Crippen molar-refractivity contribution < 1.29 is 9.90 Å². The Morgan fingerprint density at radius 1 is 1.26 bits per heavy atom. The summed E-state index contributed by atoms with van der Waals surface area (Å²) in [5, 5.41) is 12.1. The fraction of sp³-hybridized carbons (Fsp3) is 0.933. The van der Waals surface area contributed by atoms with Crippen LogP contribution in [0, 0.1) is 5.92 Å². The van der Waals surface area contributed by atoms with E-state index in [1.54, 1.807) is 0 Å². The molecule has 1 saturated carbocycles. The second kappa shape index (κ2) is 9.18. The quantitative estimate of drug-likeness (QED) is 0.747. The summed E-state index contributed by atoms with van der Waals surface area (Å²) in [4.78, 5) is 14.2. The third-order valence-electron chi connectivity index (χ3n) is 4.08. The lowest BCUT2D eigenvalue weighted by Gasteiger charge is -2.32. The average Bonchev–Trinajstić information content (AvgIpc) is 2.41. The fourth-order valence-electron chi connectivity index (χ4n) is 2.71. The van der Waals surface area contributed by atoms with Crippen molar-refractivity contribution in [1.29, 1.82) is 0 Å². The van der Waals surface area contributed by atoms with Crippen LogP contribution in [0.3, 0.4) is 0 Å². The van der Waals surface area contributed by atoms with Gasteiger partial charge < -0.3 is 15.3 Å². The Balaban J connectivity index is 2.44. The molecule has 0 aromatic carbocycles. The molecule has 2 N–H and O–H groups in total. The van der Waals surface area contributed by atoms with Gasteiger partial charge in [-0.25, -0.2) is 4.79 Å². The van der Waals surface area contributed by atoms with Crippen molar-refractivity contribution >= 4 is 6.03 Å². The summed E-state index contributed by atoms with van der Waals surface area (Å²) < 4.78 is 0. The zero-order chi connectivity index (χ0) is 14.1. The molecule has 2 atom stereocenters. The van der Waals surface area contributed by atoms with Gasteiger partial charge in [-0.15, -0.1) is 0 Å². The molecule has 0 saturated heterocycles. The SMILES string of the molecule is CCCCN(CCCO)C(=O)NC1CCCCC1C. The van der Waals surface area contributed by atoms with E-state index in [4.69, 9.17) is 5.11 Å². The largest absolute Gasteiger partial charge is 0.396 e. The van der Waals surface area contributed by atoms with E-state index in [0.717, 1.165) is 25.8 Å². The minimum Gasteiger partial charge on any atom is -0.396 e. The summed E-state index contributed by atoms with van der Waals surface area (Å²) in [6, 6.07) is 0.389. The maximum atomic E-state index is 12.3. The number of urea groups is 1. The molecule has 2 unspecified atom stereocenters. The van der Waals surface area contributed by atoms with E-state index in [0.29, 0.717) is 24.9 Å². The number of aliphatic hydroxyl groups is 1. The summed E-state index contributed by atoms with van der Waals surface area (Å²) in [5.74, 6) is 0.587. The van der Waals surface area contributed by atoms with Gasteiger partial charge in [0, 0.05) is 25.7 Å². The lowest BCUT2D eigenvalue weighted by atomic mass is 9.86. The zero-order valence-electron chi connectivity index (χ0n) is 12.5.